The maximum atomic E-state index is 5.60. The second-order valence-electron chi connectivity index (χ2n) is 3.28. The Morgan fingerprint density at radius 2 is 1.89 bits per heavy atom. The van der Waals surface area contributed by atoms with Crippen LogP contribution in [0.2, 0.25) is 19.6 Å². The quantitative estimate of drug-likeness (QED) is 0.608. The molecule has 56 valence electrons. The molecule has 0 saturated carbocycles. The van der Waals surface area contributed by atoms with Crippen LogP contribution in [0, 0.1) is 0 Å². The van der Waals surface area contributed by atoms with Crippen molar-refractivity contribution in [1.82, 2.24) is 0 Å². The summed E-state index contributed by atoms with van der Waals surface area (Å²) in [6.07, 6.45) is 0.233. The molecule has 0 aliphatic carbocycles. The lowest BCUT2D eigenvalue weighted by molar-refractivity contribution is 0.222. The van der Waals surface area contributed by atoms with E-state index in [1.807, 2.05) is 6.92 Å². The zero-order valence-corrected chi connectivity index (χ0v) is 7.77. The Labute approximate surface area is 58.5 Å². The fourth-order valence-electron chi connectivity index (χ4n) is 0.652. The van der Waals surface area contributed by atoms with Crippen LogP contribution in [-0.4, -0.2) is 21.0 Å². The van der Waals surface area contributed by atoms with Gasteiger partial charge in [0.05, 0.1) is 6.10 Å². The van der Waals surface area contributed by atoms with Crippen LogP contribution in [0.5, 0.6) is 0 Å². The summed E-state index contributed by atoms with van der Waals surface area (Å²) in [4.78, 5) is 0. The third-order valence-electron chi connectivity index (χ3n) is 0.887. The summed E-state index contributed by atoms with van der Waals surface area (Å²) in [5, 5.41) is 0. The third-order valence-corrected chi connectivity index (χ3v) is 2.00. The highest BCUT2D eigenvalue weighted by molar-refractivity contribution is 6.69. The molecule has 9 heavy (non-hydrogen) atoms. The Hall–Kier alpha value is 0.137. The molecule has 2 nitrogen and oxygen atoms in total. The number of nitrogens with two attached hydrogens (primary N) is 1. The van der Waals surface area contributed by atoms with Crippen LogP contribution < -0.4 is 5.73 Å². The largest absolute Gasteiger partial charge is 0.414 e. The smallest absolute Gasteiger partial charge is 0.184 e. The number of rotatable bonds is 3. The molecule has 0 aromatic carbocycles. The van der Waals surface area contributed by atoms with Crippen molar-refractivity contribution in [3.8, 4) is 0 Å². The minimum absolute atomic E-state index is 0.233. The van der Waals surface area contributed by atoms with Crippen LogP contribution in [0.15, 0.2) is 0 Å². The molecule has 3 heteroatoms. The monoisotopic (exact) mass is 147 g/mol. The van der Waals surface area contributed by atoms with Gasteiger partial charge >= 0.3 is 0 Å². The molecule has 0 aliphatic rings. The van der Waals surface area contributed by atoms with Crippen LogP contribution in [0.25, 0.3) is 0 Å². The van der Waals surface area contributed by atoms with Crippen molar-refractivity contribution in [3.05, 3.63) is 0 Å². The molecule has 0 aromatic rings. The zero-order chi connectivity index (χ0) is 7.49. The van der Waals surface area contributed by atoms with Crippen molar-refractivity contribution >= 4 is 8.32 Å². The molecule has 0 aliphatic heterocycles. The van der Waals surface area contributed by atoms with Crippen LogP contribution >= 0.6 is 0 Å². The third kappa shape index (κ3) is 6.02. The van der Waals surface area contributed by atoms with Gasteiger partial charge in [0.2, 0.25) is 0 Å². The van der Waals surface area contributed by atoms with Gasteiger partial charge in [-0.15, -0.1) is 0 Å². The van der Waals surface area contributed by atoms with Gasteiger partial charge < -0.3 is 10.2 Å². The maximum absolute atomic E-state index is 5.60. The van der Waals surface area contributed by atoms with Gasteiger partial charge in [-0.1, -0.05) is 0 Å². The Kier molecular flexibility index (Phi) is 3.39. The van der Waals surface area contributed by atoms with E-state index in [-0.39, 0.29) is 6.10 Å². The minimum Gasteiger partial charge on any atom is -0.414 e. The average Bonchev–Trinajstić information content (AvgIpc) is 1.62. The Bertz CT molecular complexity index is 79.6. The predicted octanol–water partition coefficient (Wildman–Crippen LogP) is 1.19. The van der Waals surface area contributed by atoms with Gasteiger partial charge in [0.1, 0.15) is 0 Å². The lowest BCUT2D eigenvalue weighted by Crippen LogP contribution is -2.34. The first-order chi connectivity index (χ1) is 3.95. The fraction of sp³-hybridized carbons (Fsp3) is 1.00. The van der Waals surface area contributed by atoms with Crippen molar-refractivity contribution in [3.63, 3.8) is 0 Å². The van der Waals surface area contributed by atoms with Gasteiger partial charge in [0.25, 0.3) is 0 Å². The van der Waals surface area contributed by atoms with E-state index in [1.165, 1.54) is 0 Å². The van der Waals surface area contributed by atoms with Gasteiger partial charge in [-0.05, 0) is 26.6 Å². The van der Waals surface area contributed by atoms with Crippen molar-refractivity contribution in [2.24, 2.45) is 5.73 Å². The molecule has 0 radical (unpaired) electrons. The molecule has 0 heterocycles. The van der Waals surface area contributed by atoms with Crippen LogP contribution in [-0.2, 0) is 4.43 Å². The standard InChI is InChI=1S/C6H17NOSi/c1-6(5-7)8-9(2,3)4/h6H,5,7H2,1-4H3. The van der Waals surface area contributed by atoms with E-state index in [9.17, 15) is 0 Å². The molecular formula is C6H17NOSi. The van der Waals surface area contributed by atoms with Gasteiger partial charge in [-0.2, -0.15) is 0 Å². The minimum atomic E-state index is -1.32. The van der Waals surface area contributed by atoms with E-state index in [2.05, 4.69) is 19.6 Å². The second kappa shape index (κ2) is 3.34. The molecule has 0 fully saturated rings. The summed E-state index contributed by atoms with van der Waals surface area (Å²) >= 11 is 0. The average molecular weight is 147 g/mol. The number of hydrogen-bond donors (Lipinski definition) is 1. The van der Waals surface area contributed by atoms with Gasteiger partial charge in [-0.3, -0.25) is 0 Å². The Balaban J connectivity index is 3.47. The fourth-order valence-corrected chi connectivity index (χ4v) is 1.95. The molecule has 0 amide bonds. The SMILES string of the molecule is CC(CN)O[Si](C)(C)C. The first kappa shape index (κ1) is 9.14. The summed E-state index contributed by atoms with van der Waals surface area (Å²) in [6.45, 7) is 9.14. The maximum Gasteiger partial charge on any atom is 0.184 e. The molecule has 1 unspecified atom stereocenters. The van der Waals surface area contributed by atoms with E-state index in [1.54, 1.807) is 0 Å². The van der Waals surface area contributed by atoms with Gasteiger partial charge in [0, 0.05) is 6.54 Å². The molecule has 0 aromatic heterocycles. The van der Waals surface area contributed by atoms with Crippen molar-refractivity contribution < 1.29 is 4.43 Å². The highest BCUT2D eigenvalue weighted by atomic mass is 28.4. The highest BCUT2D eigenvalue weighted by Crippen LogP contribution is 2.05. The van der Waals surface area contributed by atoms with Crippen LogP contribution in [0.1, 0.15) is 6.92 Å². The second-order valence-corrected chi connectivity index (χ2v) is 7.74. The summed E-state index contributed by atoms with van der Waals surface area (Å²) in [6, 6.07) is 0. The summed E-state index contributed by atoms with van der Waals surface area (Å²) in [5.41, 5.74) is 5.38. The molecular weight excluding hydrogens is 130 g/mol. The number of hydrogen-bond acceptors (Lipinski definition) is 2. The summed E-state index contributed by atoms with van der Waals surface area (Å²) < 4.78 is 5.60. The Morgan fingerprint density at radius 3 is 2.00 bits per heavy atom. The zero-order valence-electron chi connectivity index (χ0n) is 6.77. The lowest BCUT2D eigenvalue weighted by atomic mass is 10.4. The van der Waals surface area contributed by atoms with E-state index < -0.39 is 8.32 Å². The van der Waals surface area contributed by atoms with Crippen molar-refractivity contribution in [2.75, 3.05) is 6.54 Å². The van der Waals surface area contributed by atoms with E-state index >= 15 is 0 Å². The first-order valence-electron chi connectivity index (χ1n) is 3.33. The molecule has 0 bridgehead atoms. The normalized spacial score (nSPS) is 15.7. The molecule has 1 atom stereocenters. The van der Waals surface area contributed by atoms with Crippen molar-refractivity contribution in [2.45, 2.75) is 32.7 Å². The summed E-state index contributed by atoms with van der Waals surface area (Å²) in [5.74, 6) is 0. The van der Waals surface area contributed by atoms with Gasteiger partial charge in [-0.25, -0.2) is 0 Å². The predicted molar refractivity (Wildman–Crippen MR) is 42.9 cm³/mol. The molecule has 2 N–H and O–H groups in total. The summed E-state index contributed by atoms with van der Waals surface area (Å²) in [7, 11) is -1.32. The van der Waals surface area contributed by atoms with Crippen LogP contribution in [0.4, 0.5) is 0 Å². The van der Waals surface area contributed by atoms with E-state index in [0.29, 0.717) is 6.54 Å². The van der Waals surface area contributed by atoms with E-state index in [4.69, 9.17) is 10.2 Å². The molecule has 0 spiro atoms. The Morgan fingerprint density at radius 1 is 1.44 bits per heavy atom. The highest BCUT2D eigenvalue weighted by Gasteiger charge is 2.16. The lowest BCUT2D eigenvalue weighted by Gasteiger charge is -2.21. The first-order valence-corrected chi connectivity index (χ1v) is 6.74. The van der Waals surface area contributed by atoms with Crippen LogP contribution in [0.3, 0.4) is 0 Å². The molecule has 0 rings (SSSR count). The van der Waals surface area contributed by atoms with Crippen molar-refractivity contribution in [1.29, 1.82) is 0 Å². The van der Waals surface area contributed by atoms with Gasteiger partial charge in [0.15, 0.2) is 8.32 Å². The topological polar surface area (TPSA) is 35.2 Å². The van der Waals surface area contributed by atoms with E-state index in [0.717, 1.165) is 0 Å². The molecule has 0 saturated heterocycles.